The Hall–Kier alpha value is -2.99. The summed E-state index contributed by atoms with van der Waals surface area (Å²) in [5.74, 6) is 2.32. The van der Waals surface area contributed by atoms with Crippen LogP contribution < -0.4 is 19.8 Å². The van der Waals surface area contributed by atoms with Gasteiger partial charge in [0.2, 0.25) is 6.79 Å². The molecule has 0 radical (unpaired) electrons. The Labute approximate surface area is 155 Å². The highest BCUT2D eigenvalue weighted by atomic mass is 16.7. The number of rotatable bonds is 2. The Morgan fingerprint density at radius 2 is 1.78 bits per heavy atom. The Bertz CT molecular complexity index is 1120. The highest BCUT2D eigenvalue weighted by Gasteiger charge is 2.23. The normalized spacial score (nSPS) is 15.6. The molecular weight excluding hydrogens is 346 g/mol. The summed E-state index contributed by atoms with van der Waals surface area (Å²) in [6, 6.07) is 9.88. The van der Waals surface area contributed by atoms with Gasteiger partial charge in [-0.25, -0.2) is 4.79 Å². The second-order valence-corrected chi connectivity index (χ2v) is 7.01. The molecule has 3 aromatic rings. The molecule has 1 aromatic heterocycles. The molecule has 6 nitrogen and oxygen atoms in total. The monoisotopic (exact) mass is 365 g/mol. The average Bonchev–Trinajstić information content (AvgIpc) is 3.14. The number of aryl methyl sites for hydroxylation is 1. The number of hydrogen-bond donors (Lipinski definition) is 0. The van der Waals surface area contributed by atoms with Gasteiger partial charge in [0.15, 0.2) is 11.5 Å². The predicted molar refractivity (Wildman–Crippen MR) is 99.3 cm³/mol. The summed E-state index contributed by atoms with van der Waals surface area (Å²) in [6.45, 7) is 5.83. The van der Waals surface area contributed by atoms with Crippen molar-refractivity contribution in [1.82, 2.24) is 4.90 Å². The maximum Gasteiger partial charge on any atom is 0.339 e. The molecule has 2 aromatic carbocycles. The lowest BCUT2D eigenvalue weighted by Gasteiger charge is -2.29. The molecule has 0 saturated heterocycles. The van der Waals surface area contributed by atoms with Crippen molar-refractivity contribution in [2.24, 2.45) is 0 Å². The molecule has 0 saturated carbocycles. The molecule has 2 aliphatic rings. The molecule has 0 spiro atoms. The molecular formula is C21H19NO5. The minimum Gasteiger partial charge on any atom is -0.478 e. The van der Waals surface area contributed by atoms with Crippen molar-refractivity contribution < 1.29 is 18.6 Å². The van der Waals surface area contributed by atoms with Crippen molar-refractivity contribution in [3.63, 3.8) is 0 Å². The third kappa shape index (κ3) is 2.64. The van der Waals surface area contributed by atoms with Gasteiger partial charge in [-0.15, -0.1) is 0 Å². The standard InChI is InChI=1S/C21H19NO5/c1-12-13(2)21(23)27-20-15(12)4-6-17-16(20)9-22(10-24-17)8-14-3-5-18-19(7-14)26-11-25-18/h3-7H,8-11H2,1-2H3. The topological polar surface area (TPSA) is 61.1 Å². The minimum absolute atomic E-state index is 0.267. The molecule has 27 heavy (non-hydrogen) atoms. The summed E-state index contributed by atoms with van der Waals surface area (Å²) in [7, 11) is 0. The van der Waals surface area contributed by atoms with E-state index < -0.39 is 0 Å². The lowest BCUT2D eigenvalue weighted by molar-refractivity contribution is 0.0889. The number of nitrogens with zero attached hydrogens (tertiary/aromatic N) is 1. The van der Waals surface area contributed by atoms with Crippen LogP contribution in [-0.2, 0) is 13.1 Å². The molecule has 6 heteroatoms. The fourth-order valence-corrected chi connectivity index (χ4v) is 3.66. The van der Waals surface area contributed by atoms with Gasteiger partial charge in [-0.3, -0.25) is 4.90 Å². The van der Waals surface area contributed by atoms with Gasteiger partial charge in [0, 0.05) is 24.0 Å². The van der Waals surface area contributed by atoms with Gasteiger partial charge < -0.3 is 18.6 Å². The summed E-state index contributed by atoms with van der Waals surface area (Å²) in [5, 5.41) is 0.958. The van der Waals surface area contributed by atoms with E-state index in [1.165, 1.54) is 0 Å². The SMILES string of the molecule is Cc1c(C)c2ccc3c(c2oc1=O)CN(Cc1ccc2c(c1)OCO2)CO3. The van der Waals surface area contributed by atoms with Crippen molar-refractivity contribution >= 4 is 11.0 Å². The minimum atomic E-state index is -0.290. The van der Waals surface area contributed by atoms with Crippen LogP contribution in [0.15, 0.2) is 39.5 Å². The van der Waals surface area contributed by atoms with Crippen LogP contribution in [0.5, 0.6) is 17.2 Å². The second-order valence-electron chi connectivity index (χ2n) is 7.01. The van der Waals surface area contributed by atoms with Crippen LogP contribution in [0.1, 0.15) is 22.3 Å². The predicted octanol–water partition coefficient (Wildman–Crippen LogP) is 3.49. The number of ether oxygens (including phenoxy) is 3. The smallest absolute Gasteiger partial charge is 0.339 e. The molecule has 3 heterocycles. The van der Waals surface area contributed by atoms with Gasteiger partial charge in [-0.1, -0.05) is 6.07 Å². The van der Waals surface area contributed by atoms with Crippen molar-refractivity contribution in [1.29, 1.82) is 0 Å². The quantitative estimate of drug-likeness (QED) is 0.648. The van der Waals surface area contributed by atoms with Crippen LogP contribution in [0.4, 0.5) is 0 Å². The van der Waals surface area contributed by atoms with Gasteiger partial charge in [-0.2, -0.15) is 0 Å². The number of fused-ring (bicyclic) bond motifs is 4. The van der Waals surface area contributed by atoms with Crippen molar-refractivity contribution in [2.45, 2.75) is 26.9 Å². The average molecular weight is 365 g/mol. The highest BCUT2D eigenvalue weighted by molar-refractivity contribution is 5.85. The van der Waals surface area contributed by atoms with E-state index in [0.717, 1.165) is 39.3 Å². The first kappa shape index (κ1) is 16.2. The summed E-state index contributed by atoms with van der Waals surface area (Å²) < 4.78 is 22.4. The lowest BCUT2D eigenvalue weighted by Crippen LogP contribution is -2.31. The Morgan fingerprint density at radius 1 is 0.963 bits per heavy atom. The molecule has 0 fully saturated rings. The van der Waals surface area contributed by atoms with Crippen molar-refractivity contribution in [2.75, 3.05) is 13.5 Å². The van der Waals surface area contributed by atoms with Gasteiger partial charge in [0.1, 0.15) is 18.1 Å². The van der Waals surface area contributed by atoms with E-state index in [9.17, 15) is 4.79 Å². The van der Waals surface area contributed by atoms with Crippen LogP contribution in [0, 0.1) is 13.8 Å². The van der Waals surface area contributed by atoms with E-state index in [2.05, 4.69) is 4.90 Å². The highest BCUT2D eigenvalue weighted by Crippen LogP contribution is 2.35. The third-order valence-electron chi connectivity index (χ3n) is 5.31. The van der Waals surface area contributed by atoms with E-state index in [4.69, 9.17) is 18.6 Å². The Kier molecular flexibility index (Phi) is 3.62. The first-order valence-corrected chi connectivity index (χ1v) is 8.90. The van der Waals surface area contributed by atoms with Gasteiger partial charge in [0.05, 0.1) is 5.56 Å². The summed E-state index contributed by atoms with van der Waals surface area (Å²) in [4.78, 5) is 14.3. The van der Waals surface area contributed by atoms with Gasteiger partial charge in [0.25, 0.3) is 0 Å². The van der Waals surface area contributed by atoms with E-state index in [1.807, 2.05) is 37.3 Å². The largest absolute Gasteiger partial charge is 0.478 e. The molecule has 138 valence electrons. The maximum atomic E-state index is 12.2. The summed E-state index contributed by atoms with van der Waals surface area (Å²) in [5.41, 5.74) is 3.96. The zero-order chi connectivity index (χ0) is 18.5. The van der Waals surface area contributed by atoms with E-state index in [-0.39, 0.29) is 12.4 Å². The van der Waals surface area contributed by atoms with Crippen LogP contribution in [0.2, 0.25) is 0 Å². The molecule has 0 amide bonds. The van der Waals surface area contributed by atoms with E-state index in [0.29, 0.717) is 31.0 Å². The number of hydrogen-bond acceptors (Lipinski definition) is 6. The van der Waals surface area contributed by atoms with Crippen molar-refractivity contribution in [3.05, 3.63) is 63.0 Å². The fourth-order valence-electron chi connectivity index (χ4n) is 3.66. The van der Waals surface area contributed by atoms with Gasteiger partial charge in [-0.05, 0) is 49.2 Å². The van der Waals surface area contributed by atoms with Gasteiger partial charge >= 0.3 is 5.63 Å². The van der Waals surface area contributed by atoms with E-state index >= 15 is 0 Å². The first-order valence-electron chi connectivity index (χ1n) is 8.90. The molecule has 2 aliphatic heterocycles. The summed E-state index contributed by atoms with van der Waals surface area (Å²) >= 11 is 0. The zero-order valence-electron chi connectivity index (χ0n) is 15.2. The fraction of sp³-hybridized carbons (Fsp3) is 0.286. The molecule has 0 aliphatic carbocycles. The lowest BCUT2D eigenvalue weighted by atomic mass is 10.0. The molecule has 0 N–H and O–H groups in total. The zero-order valence-corrected chi connectivity index (χ0v) is 15.2. The molecule has 0 atom stereocenters. The van der Waals surface area contributed by atoms with Crippen LogP contribution in [0.3, 0.4) is 0 Å². The molecule has 0 bridgehead atoms. The Morgan fingerprint density at radius 3 is 2.67 bits per heavy atom. The van der Waals surface area contributed by atoms with Crippen molar-refractivity contribution in [3.8, 4) is 17.2 Å². The summed E-state index contributed by atoms with van der Waals surface area (Å²) in [6.07, 6.45) is 0. The Balaban J connectivity index is 1.49. The van der Waals surface area contributed by atoms with Crippen LogP contribution >= 0.6 is 0 Å². The van der Waals surface area contributed by atoms with Crippen LogP contribution in [-0.4, -0.2) is 18.4 Å². The first-order chi connectivity index (χ1) is 13.1. The van der Waals surface area contributed by atoms with Crippen LogP contribution in [0.25, 0.3) is 11.0 Å². The van der Waals surface area contributed by atoms with E-state index in [1.54, 1.807) is 6.92 Å². The third-order valence-corrected chi connectivity index (χ3v) is 5.31. The maximum absolute atomic E-state index is 12.2. The second kappa shape index (κ2) is 6.03. The molecule has 5 rings (SSSR count). The molecule has 0 unspecified atom stereocenters. The number of benzene rings is 2.